The molecule has 2 aromatic heterocycles. The van der Waals surface area contributed by atoms with Gasteiger partial charge in [-0.1, -0.05) is 0 Å². The van der Waals surface area contributed by atoms with Crippen molar-refractivity contribution in [3.8, 4) is 6.07 Å². The van der Waals surface area contributed by atoms with E-state index in [1.54, 1.807) is 41.7 Å². The number of rotatable bonds is 6. The Balaban J connectivity index is 1.22. The van der Waals surface area contributed by atoms with Gasteiger partial charge in [0.2, 0.25) is 5.91 Å². The largest absolute Gasteiger partial charge is 0.382 e. The van der Waals surface area contributed by atoms with Crippen molar-refractivity contribution in [2.75, 3.05) is 36.8 Å². The molecule has 0 radical (unpaired) electrons. The highest BCUT2D eigenvalue weighted by atomic mass is 16.2. The molecule has 2 aliphatic heterocycles. The molecule has 0 unspecified atom stereocenters. The molecule has 2 fully saturated rings. The number of nitriles is 1. The van der Waals surface area contributed by atoms with E-state index in [0.717, 1.165) is 49.8 Å². The predicted octanol–water partition coefficient (Wildman–Crippen LogP) is 3.27. The third-order valence-electron chi connectivity index (χ3n) is 6.96. The number of hydrogen-bond acceptors (Lipinski definition) is 7. The summed E-state index contributed by atoms with van der Waals surface area (Å²) in [7, 11) is 0. The summed E-state index contributed by atoms with van der Waals surface area (Å²) in [4.78, 5) is 38.1. The molecule has 4 heterocycles. The van der Waals surface area contributed by atoms with Gasteiger partial charge in [-0.3, -0.25) is 24.5 Å². The number of aromatic nitrogens is 2. The van der Waals surface area contributed by atoms with Crippen LogP contribution in [0.1, 0.15) is 36.0 Å². The molecule has 2 N–H and O–H groups in total. The SMILES string of the molecule is N#C[C@@H]1CCCN1C(=O)CN1CCC(Nc2ccc(C(=O)Nc3cccnc3)c3ncccc23)CC1. The Labute approximate surface area is 210 Å². The van der Waals surface area contributed by atoms with E-state index in [2.05, 4.69) is 31.6 Å². The molecule has 2 saturated heterocycles. The maximum absolute atomic E-state index is 12.9. The second kappa shape index (κ2) is 10.7. The predicted molar refractivity (Wildman–Crippen MR) is 137 cm³/mol. The van der Waals surface area contributed by atoms with Crippen LogP contribution >= 0.6 is 0 Å². The summed E-state index contributed by atoms with van der Waals surface area (Å²) in [5.74, 6) is -0.171. The normalized spacial score (nSPS) is 18.6. The minimum Gasteiger partial charge on any atom is -0.382 e. The maximum Gasteiger partial charge on any atom is 0.257 e. The fourth-order valence-corrected chi connectivity index (χ4v) is 5.05. The van der Waals surface area contributed by atoms with Crippen molar-refractivity contribution in [1.29, 1.82) is 5.26 Å². The molecule has 3 aromatic rings. The number of nitrogens with one attached hydrogen (secondary N) is 2. The average Bonchev–Trinajstić information content (AvgIpc) is 3.40. The number of anilines is 2. The molecule has 1 atom stereocenters. The smallest absolute Gasteiger partial charge is 0.257 e. The van der Waals surface area contributed by atoms with E-state index in [0.29, 0.717) is 29.9 Å². The van der Waals surface area contributed by atoms with Crippen LogP contribution in [-0.4, -0.2) is 69.8 Å². The van der Waals surface area contributed by atoms with Crippen molar-refractivity contribution in [2.45, 2.75) is 37.8 Å². The fraction of sp³-hybridized carbons (Fsp3) is 0.370. The Bertz CT molecular complexity index is 1280. The first-order valence-electron chi connectivity index (χ1n) is 12.4. The van der Waals surface area contributed by atoms with Gasteiger partial charge in [0, 0.05) is 49.1 Å². The first-order valence-corrected chi connectivity index (χ1v) is 12.4. The molecule has 5 rings (SSSR count). The summed E-state index contributed by atoms with van der Waals surface area (Å²) < 4.78 is 0. The van der Waals surface area contributed by atoms with E-state index in [4.69, 9.17) is 0 Å². The topological polar surface area (TPSA) is 114 Å². The summed E-state index contributed by atoms with van der Waals surface area (Å²) in [6.45, 7) is 2.69. The summed E-state index contributed by atoms with van der Waals surface area (Å²) >= 11 is 0. The van der Waals surface area contributed by atoms with Gasteiger partial charge in [0.1, 0.15) is 6.04 Å². The van der Waals surface area contributed by atoms with Crippen molar-refractivity contribution >= 4 is 34.1 Å². The summed E-state index contributed by atoms with van der Waals surface area (Å²) in [6, 6.07) is 13.4. The van der Waals surface area contributed by atoms with Crippen LogP contribution in [-0.2, 0) is 4.79 Å². The quantitative estimate of drug-likeness (QED) is 0.553. The highest BCUT2D eigenvalue weighted by Gasteiger charge is 2.30. The molecule has 0 spiro atoms. The van der Waals surface area contributed by atoms with Crippen LogP contribution in [0.2, 0.25) is 0 Å². The van der Waals surface area contributed by atoms with Crippen molar-refractivity contribution in [3.63, 3.8) is 0 Å². The zero-order chi connectivity index (χ0) is 24.9. The van der Waals surface area contributed by atoms with Gasteiger partial charge >= 0.3 is 0 Å². The lowest BCUT2D eigenvalue weighted by Gasteiger charge is -2.33. The van der Waals surface area contributed by atoms with Gasteiger partial charge in [0.15, 0.2) is 0 Å². The van der Waals surface area contributed by atoms with Crippen molar-refractivity contribution in [1.82, 2.24) is 19.8 Å². The number of nitrogens with zero attached hydrogens (tertiary/aromatic N) is 5. The number of benzene rings is 1. The number of amides is 2. The van der Waals surface area contributed by atoms with Crippen LogP contribution < -0.4 is 10.6 Å². The lowest BCUT2D eigenvalue weighted by atomic mass is 10.0. The van der Waals surface area contributed by atoms with Gasteiger partial charge < -0.3 is 15.5 Å². The average molecular weight is 484 g/mol. The highest BCUT2D eigenvalue weighted by Crippen LogP contribution is 2.28. The molecule has 0 aliphatic carbocycles. The van der Waals surface area contributed by atoms with E-state index in [1.165, 1.54) is 0 Å². The number of pyridine rings is 2. The number of carbonyl (C=O) groups excluding carboxylic acids is 2. The third kappa shape index (κ3) is 5.14. The van der Waals surface area contributed by atoms with Crippen LogP contribution in [0.25, 0.3) is 10.9 Å². The van der Waals surface area contributed by atoms with E-state index >= 15 is 0 Å². The van der Waals surface area contributed by atoms with Gasteiger partial charge in [0.05, 0.1) is 35.6 Å². The van der Waals surface area contributed by atoms with Gasteiger partial charge in [-0.05, 0) is 62.1 Å². The molecule has 9 heteroatoms. The van der Waals surface area contributed by atoms with Crippen molar-refractivity contribution < 1.29 is 9.59 Å². The molecular weight excluding hydrogens is 454 g/mol. The van der Waals surface area contributed by atoms with Crippen LogP contribution in [0.3, 0.4) is 0 Å². The van der Waals surface area contributed by atoms with E-state index in [1.807, 2.05) is 18.2 Å². The highest BCUT2D eigenvalue weighted by molar-refractivity contribution is 6.13. The Hall–Kier alpha value is -4.03. The Morgan fingerprint density at radius 3 is 2.67 bits per heavy atom. The summed E-state index contributed by atoms with van der Waals surface area (Å²) in [5.41, 5.74) is 2.72. The number of fused-ring (bicyclic) bond motifs is 1. The van der Waals surface area contributed by atoms with E-state index in [9.17, 15) is 14.9 Å². The maximum atomic E-state index is 12.9. The van der Waals surface area contributed by atoms with Gasteiger partial charge in [-0.15, -0.1) is 0 Å². The molecule has 0 saturated carbocycles. The standard InChI is InChI=1S/C27H29N7O2/c28-16-21-5-3-13-34(21)25(35)18-33-14-9-19(10-15-33)31-24-8-7-23(26-22(24)6-2-12-30-26)27(36)32-20-4-1-11-29-17-20/h1-2,4,6-8,11-12,17,19,21,31H,3,5,9-10,13-15,18H2,(H,32,36)/t21-/m0/s1. The van der Waals surface area contributed by atoms with Crippen LogP contribution in [0, 0.1) is 11.3 Å². The molecule has 0 bridgehead atoms. The van der Waals surface area contributed by atoms with Crippen molar-refractivity contribution in [2.24, 2.45) is 0 Å². The second-order valence-electron chi connectivity index (χ2n) is 9.33. The summed E-state index contributed by atoms with van der Waals surface area (Å²) in [5, 5.41) is 16.7. The number of carbonyl (C=O) groups is 2. The minimum atomic E-state index is -0.270. The molecule has 36 heavy (non-hydrogen) atoms. The van der Waals surface area contributed by atoms with E-state index < -0.39 is 0 Å². The van der Waals surface area contributed by atoms with Crippen LogP contribution in [0.4, 0.5) is 11.4 Å². The number of hydrogen-bond donors (Lipinski definition) is 2. The summed E-state index contributed by atoms with van der Waals surface area (Å²) in [6.07, 6.45) is 8.45. The van der Waals surface area contributed by atoms with E-state index in [-0.39, 0.29) is 23.9 Å². The van der Waals surface area contributed by atoms with Crippen molar-refractivity contribution in [3.05, 3.63) is 60.6 Å². The monoisotopic (exact) mass is 483 g/mol. The lowest BCUT2D eigenvalue weighted by Crippen LogP contribution is -2.46. The first-order chi connectivity index (χ1) is 17.6. The van der Waals surface area contributed by atoms with Gasteiger partial charge in [0.25, 0.3) is 5.91 Å². The Morgan fingerprint density at radius 2 is 1.89 bits per heavy atom. The number of piperidine rings is 1. The molecular formula is C27H29N7O2. The second-order valence-corrected chi connectivity index (χ2v) is 9.33. The molecule has 184 valence electrons. The molecule has 2 aliphatic rings. The van der Waals surface area contributed by atoms with Gasteiger partial charge in [-0.2, -0.15) is 5.26 Å². The molecule has 2 amide bonds. The zero-order valence-corrected chi connectivity index (χ0v) is 20.1. The Morgan fingerprint density at radius 1 is 1.06 bits per heavy atom. The first kappa shape index (κ1) is 23.7. The Kier molecular flexibility index (Phi) is 7.05. The fourth-order valence-electron chi connectivity index (χ4n) is 5.05. The number of likely N-dealkylation sites (tertiary alicyclic amines) is 2. The van der Waals surface area contributed by atoms with Crippen LogP contribution in [0.5, 0.6) is 0 Å². The van der Waals surface area contributed by atoms with Crippen LogP contribution in [0.15, 0.2) is 55.0 Å². The van der Waals surface area contributed by atoms with Gasteiger partial charge in [-0.25, -0.2) is 0 Å². The third-order valence-corrected chi connectivity index (χ3v) is 6.96. The minimum absolute atomic E-state index is 0.0580. The molecule has 9 nitrogen and oxygen atoms in total. The zero-order valence-electron chi connectivity index (χ0n) is 20.1. The molecule has 1 aromatic carbocycles. The lowest BCUT2D eigenvalue weighted by molar-refractivity contribution is -0.132.